The fourth-order valence-corrected chi connectivity index (χ4v) is 5.48. The molecular formula is C31H22N2. The molecule has 2 nitrogen and oxygen atoms in total. The van der Waals surface area contributed by atoms with Crippen molar-refractivity contribution in [2.75, 3.05) is 0 Å². The van der Waals surface area contributed by atoms with Gasteiger partial charge < -0.3 is 9.13 Å². The Morgan fingerprint density at radius 1 is 0.424 bits per heavy atom. The largest absolute Gasteiger partial charge is 0.309 e. The van der Waals surface area contributed by atoms with E-state index in [9.17, 15) is 0 Å². The van der Waals surface area contributed by atoms with Gasteiger partial charge in [-0.15, -0.1) is 0 Å². The molecule has 0 bridgehead atoms. The summed E-state index contributed by atoms with van der Waals surface area (Å²) in [7, 11) is 0. The first-order valence-corrected chi connectivity index (χ1v) is 11.4. The second kappa shape index (κ2) is 6.85. The monoisotopic (exact) mass is 422 g/mol. The zero-order chi connectivity index (χ0) is 21.9. The number of aryl methyl sites for hydroxylation is 1. The van der Waals surface area contributed by atoms with Gasteiger partial charge in [0.05, 0.1) is 27.8 Å². The summed E-state index contributed by atoms with van der Waals surface area (Å²) in [6.07, 6.45) is 0. The minimum atomic E-state index is 1.19. The number of hydrogen-bond donors (Lipinski definition) is 0. The van der Waals surface area contributed by atoms with Gasteiger partial charge in [-0.25, -0.2) is 0 Å². The Kier molecular flexibility index (Phi) is 3.80. The Labute approximate surface area is 191 Å². The Hall–Kier alpha value is -4.30. The van der Waals surface area contributed by atoms with E-state index in [4.69, 9.17) is 0 Å². The molecule has 0 spiro atoms. The predicted molar refractivity (Wildman–Crippen MR) is 140 cm³/mol. The van der Waals surface area contributed by atoms with Gasteiger partial charge in [-0.1, -0.05) is 78.9 Å². The van der Waals surface area contributed by atoms with Crippen molar-refractivity contribution >= 4 is 43.6 Å². The second-order valence-corrected chi connectivity index (χ2v) is 8.66. The zero-order valence-corrected chi connectivity index (χ0v) is 18.4. The minimum Gasteiger partial charge on any atom is -0.309 e. The second-order valence-electron chi connectivity index (χ2n) is 8.66. The van der Waals surface area contributed by atoms with Gasteiger partial charge >= 0.3 is 0 Å². The first-order valence-electron chi connectivity index (χ1n) is 11.4. The van der Waals surface area contributed by atoms with Crippen LogP contribution in [0.1, 0.15) is 5.56 Å². The van der Waals surface area contributed by atoms with Gasteiger partial charge in [0.1, 0.15) is 0 Å². The summed E-state index contributed by atoms with van der Waals surface area (Å²) in [6.45, 7) is 2.26. The van der Waals surface area contributed by atoms with E-state index in [0.717, 1.165) is 0 Å². The summed E-state index contributed by atoms with van der Waals surface area (Å²) in [5.41, 5.74) is 8.67. The molecule has 0 radical (unpaired) electrons. The number of rotatable bonds is 2. The van der Waals surface area contributed by atoms with E-state index in [1.807, 2.05) is 0 Å². The van der Waals surface area contributed by atoms with E-state index < -0.39 is 0 Å². The Bertz CT molecular complexity index is 1760. The number of fused-ring (bicyclic) bond motifs is 6. The normalized spacial score (nSPS) is 11.8. The summed E-state index contributed by atoms with van der Waals surface area (Å²) in [5, 5.41) is 5.15. The number of nitrogens with zero attached hydrogens (tertiary/aromatic N) is 2. The van der Waals surface area contributed by atoms with Crippen molar-refractivity contribution in [2.24, 2.45) is 0 Å². The van der Waals surface area contributed by atoms with Gasteiger partial charge in [0.25, 0.3) is 0 Å². The first kappa shape index (κ1) is 18.3. The van der Waals surface area contributed by atoms with Gasteiger partial charge in [-0.3, -0.25) is 0 Å². The molecule has 0 amide bonds. The van der Waals surface area contributed by atoms with Gasteiger partial charge in [-0.05, 0) is 48.9 Å². The molecule has 7 rings (SSSR count). The fourth-order valence-electron chi connectivity index (χ4n) is 5.48. The maximum Gasteiger partial charge on any atom is 0.0591 e. The standard InChI is InChI=1S/C31H22N2/c1-21-27(33-29-17-9-5-13-23(29)24-14-6-10-18-30(24)33)20-19-26-25-15-7-8-16-28(25)32(31(21)26)22-11-3-2-4-12-22/h2-20H,1H3. The SMILES string of the molecule is Cc1c(-n2c3ccccc3c3ccccc32)ccc2c3ccccc3n(-c3ccccc3)c12. The van der Waals surface area contributed by atoms with Crippen LogP contribution in [0.25, 0.3) is 55.0 Å². The molecule has 0 N–H and O–H groups in total. The average molecular weight is 423 g/mol. The molecule has 0 aliphatic carbocycles. The van der Waals surface area contributed by atoms with Crippen LogP contribution in [0.5, 0.6) is 0 Å². The van der Waals surface area contributed by atoms with Crippen LogP contribution in [-0.4, -0.2) is 9.13 Å². The van der Waals surface area contributed by atoms with E-state index in [0.29, 0.717) is 0 Å². The van der Waals surface area contributed by atoms with Crippen molar-refractivity contribution < 1.29 is 0 Å². The number of para-hydroxylation sites is 4. The quantitative estimate of drug-likeness (QED) is 0.266. The van der Waals surface area contributed by atoms with Crippen LogP contribution >= 0.6 is 0 Å². The molecule has 7 aromatic rings. The van der Waals surface area contributed by atoms with Crippen molar-refractivity contribution in [2.45, 2.75) is 6.92 Å². The summed E-state index contributed by atoms with van der Waals surface area (Å²) in [4.78, 5) is 0. The van der Waals surface area contributed by atoms with Gasteiger partial charge in [0.2, 0.25) is 0 Å². The Morgan fingerprint density at radius 2 is 0.909 bits per heavy atom. The highest BCUT2D eigenvalue weighted by Crippen LogP contribution is 2.38. The summed E-state index contributed by atoms with van der Waals surface area (Å²) in [5.74, 6) is 0. The smallest absolute Gasteiger partial charge is 0.0591 e. The molecule has 2 heteroatoms. The topological polar surface area (TPSA) is 9.86 Å². The first-order chi connectivity index (χ1) is 16.3. The van der Waals surface area contributed by atoms with Crippen LogP contribution in [-0.2, 0) is 0 Å². The average Bonchev–Trinajstić information content (AvgIpc) is 3.39. The van der Waals surface area contributed by atoms with E-state index in [2.05, 4.69) is 131 Å². The van der Waals surface area contributed by atoms with Crippen molar-refractivity contribution in [1.82, 2.24) is 9.13 Å². The number of benzene rings is 5. The van der Waals surface area contributed by atoms with E-state index in [1.165, 1.54) is 60.5 Å². The van der Waals surface area contributed by atoms with Crippen molar-refractivity contribution in [3.05, 3.63) is 121 Å². The van der Waals surface area contributed by atoms with Crippen LogP contribution in [0.2, 0.25) is 0 Å². The molecule has 5 aromatic carbocycles. The third-order valence-corrected chi connectivity index (χ3v) is 6.90. The summed E-state index contributed by atoms with van der Waals surface area (Å²) in [6, 6.07) is 41.4. The summed E-state index contributed by atoms with van der Waals surface area (Å²) < 4.78 is 4.84. The molecule has 2 heterocycles. The number of aromatic nitrogens is 2. The van der Waals surface area contributed by atoms with Gasteiger partial charge in [-0.2, -0.15) is 0 Å². The maximum absolute atomic E-state index is 2.42. The zero-order valence-electron chi connectivity index (χ0n) is 18.4. The van der Waals surface area contributed by atoms with Crippen LogP contribution in [0.4, 0.5) is 0 Å². The van der Waals surface area contributed by atoms with Crippen LogP contribution < -0.4 is 0 Å². The molecule has 33 heavy (non-hydrogen) atoms. The van der Waals surface area contributed by atoms with E-state index >= 15 is 0 Å². The molecule has 0 aliphatic heterocycles. The molecule has 2 aromatic heterocycles. The third kappa shape index (κ3) is 2.49. The fraction of sp³-hybridized carbons (Fsp3) is 0.0323. The van der Waals surface area contributed by atoms with Crippen LogP contribution in [0.15, 0.2) is 115 Å². The maximum atomic E-state index is 2.42. The van der Waals surface area contributed by atoms with Crippen LogP contribution in [0.3, 0.4) is 0 Å². The molecule has 0 aliphatic rings. The molecule has 0 unspecified atom stereocenters. The third-order valence-electron chi connectivity index (χ3n) is 6.90. The van der Waals surface area contributed by atoms with Crippen LogP contribution in [0, 0.1) is 6.92 Å². The highest BCUT2D eigenvalue weighted by Gasteiger charge is 2.19. The Balaban J connectivity index is 1.66. The van der Waals surface area contributed by atoms with Crippen molar-refractivity contribution in [3.8, 4) is 11.4 Å². The van der Waals surface area contributed by atoms with E-state index in [1.54, 1.807) is 0 Å². The lowest BCUT2D eigenvalue weighted by Crippen LogP contribution is -2.00. The molecule has 0 atom stereocenters. The molecule has 0 fully saturated rings. The van der Waals surface area contributed by atoms with Gasteiger partial charge in [0.15, 0.2) is 0 Å². The van der Waals surface area contributed by atoms with Gasteiger partial charge in [0, 0.05) is 27.2 Å². The molecule has 156 valence electrons. The van der Waals surface area contributed by atoms with E-state index in [-0.39, 0.29) is 0 Å². The number of hydrogen-bond acceptors (Lipinski definition) is 0. The lowest BCUT2D eigenvalue weighted by molar-refractivity contribution is 1.13. The summed E-state index contributed by atoms with van der Waals surface area (Å²) >= 11 is 0. The highest BCUT2D eigenvalue weighted by molar-refractivity contribution is 6.13. The van der Waals surface area contributed by atoms with Crippen molar-refractivity contribution in [3.63, 3.8) is 0 Å². The molecular weight excluding hydrogens is 400 g/mol. The van der Waals surface area contributed by atoms with Crippen molar-refractivity contribution in [1.29, 1.82) is 0 Å². The lowest BCUT2D eigenvalue weighted by Gasteiger charge is -2.15. The predicted octanol–water partition coefficient (Wildman–Crippen LogP) is 8.19. The molecule has 0 saturated carbocycles. The minimum absolute atomic E-state index is 1.19. The highest BCUT2D eigenvalue weighted by atomic mass is 15.0. The lowest BCUT2D eigenvalue weighted by atomic mass is 10.1. The molecule has 0 saturated heterocycles. The Morgan fingerprint density at radius 3 is 1.52 bits per heavy atom.